The van der Waals surface area contributed by atoms with Gasteiger partial charge in [-0.15, -0.1) is 0 Å². The number of unbranched alkanes of at least 4 members (excludes halogenated alkanes) is 2. The molecule has 21 heavy (non-hydrogen) atoms. The topological polar surface area (TPSA) is 17.8 Å². The summed E-state index contributed by atoms with van der Waals surface area (Å²) in [5, 5.41) is 0. The number of rotatable bonds is 6. The molecule has 2 aromatic rings. The summed E-state index contributed by atoms with van der Waals surface area (Å²) in [5.74, 6) is 2.18. The molecule has 1 aliphatic carbocycles. The third kappa shape index (κ3) is 3.48. The summed E-state index contributed by atoms with van der Waals surface area (Å²) in [6.07, 6.45) is 12.1. The number of aryl methyl sites for hydroxylation is 1. The molecule has 1 aliphatic rings. The highest BCUT2D eigenvalue weighted by molar-refractivity contribution is 5.75. The number of hydrogen-bond donors (Lipinski definition) is 0. The third-order valence-electron chi connectivity index (χ3n) is 4.90. The van der Waals surface area contributed by atoms with E-state index in [1.807, 2.05) is 0 Å². The lowest BCUT2D eigenvalue weighted by Gasteiger charge is -2.23. The highest BCUT2D eigenvalue weighted by Gasteiger charge is 2.17. The fourth-order valence-corrected chi connectivity index (χ4v) is 3.68. The van der Waals surface area contributed by atoms with E-state index < -0.39 is 0 Å². The van der Waals surface area contributed by atoms with E-state index in [1.165, 1.54) is 74.8 Å². The predicted octanol–water partition coefficient (Wildman–Crippen LogP) is 5.35. The molecule has 3 rings (SSSR count). The largest absolute Gasteiger partial charge is 0.328 e. The molecular weight excluding hydrogens is 256 g/mol. The fraction of sp³-hybridized carbons (Fsp3) is 0.632. The molecule has 0 unspecified atom stereocenters. The van der Waals surface area contributed by atoms with Crippen LogP contribution in [0.2, 0.25) is 0 Å². The molecule has 1 fully saturated rings. The Morgan fingerprint density at radius 2 is 1.90 bits per heavy atom. The zero-order chi connectivity index (χ0) is 14.5. The minimum atomic E-state index is 0.862. The van der Waals surface area contributed by atoms with Gasteiger partial charge >= 0.3 is 0 Å². The van der Waals surface area contributed by atoms with E-state index in [0.29, 0.717) is 0 Å². The molecule has 0 spiro atoms. The monoisotopic (exact) mass is 284 g/mol. The van der Waals surface area contributed by atoms with Crippen molar-refractivity contribution >= 4 is 11.0 Å². The smallest absolute Gasteiger partial charge is 0.109 e. The number of fused-ring (bicyclic) bond motifs is 1. The van der Waals surface area contributed by atoms with E-state index in [9.17, 15) is 0 Å². The minimum absolute atomic E-state index is 0.862. The van der Waals surface area contributed by atoms with Crippen molar-refractivity contribution in [3.63, 3.8) is 0 Å². The summed E-state index contributed by atoms with van der Waals surface area (Å²) >= 11 is 0. The van der Waals surface area contributed by atoms with E-state index in [0.717, 1.165) is 12.3 Å². The van der Waals surface area contributed by atoms with Crippen molar-refractivity contribution in [3.8, 4) is 0 Å². The molecule has 2 heteroatoms. The van der Waals surface area contributed by atoms with Gasteiger partial charge in [-0.1, -0.05) is 51.2 Å². The fourth-order valence-electron chi connectivity index (χ4n) is 3.68. The minimum Gasteiger partial charge on any atom is -0.328 e. The maximum atomic E-state index is 4.91. The van der Waals surface area contributed by atoms with Gasteiger partial charge in [-0.3, -0.25) is 0 Å². The number of nitrogens with zero attached hydrogens (tertiary/aromatic N) is 2. The van der Waals surface area contributed by atoms with Gasteiger partial charge in [0.25, 0.3) is 0 Å². The van der Waals surface area contributed by atoms with Crippen LogP contribution in [0.15, 0.2) is 24.3 Å². The Balaban J connectivity index is 1.83. The molecular formula is C19H28N2. The molecule has 114 valence electrons. The standard InChI is InChI=1S/C19H28N2/c1-2-3-5-14-19-20-17-12-8-9-13-18(17)21(19)15-16-10-6-4-7-11-16/h8-9,12-13,16H,2-7,10-11,14-15H2,1H3. The molecule has 1 saturated carbocycles. The van der Waals surface area contributed by atoms with Crippen LogP contribution in [-0.2, 0) is 13.0 Å². The van der Waals surface area contributed by atoms with Crippen molar-refractivity contribution in [1.82, 2.24) is 9.55 Å². The SMILES string of the molecule is CCCCCc1nc2ccccc2n1CC1CCCCC1. The maximum Gasteiger partial charge on any atom is 0.109 e. The molecule has 0 saturated heterocycles. The van der Waals surface area contributed by atoms with Crippen LogP contribution < -0.4 is 0 Å². The van der Waals surface area contributed by atoms with Gasteiger partial charge in [0.1, 0.15) is 5.82 Å². The zero-order valence-corrected chi connectivity index (χ0v) is 13.4. The predicted molar refractivity (Wildman–Crippen MR) is 89.5 cm³/mol. The molecule has 0 aliphatic heterocycles. The van der Waals surface area contributed by atoms with Crippen molar-refractivity contribution in [2.75, 3.05) is 0 Å². The van der Waals surface area contributed by atoms with Crippen LogP contribution in [-0.4, -0.2) is 9.55 Å². The number of aromatic nitrogens is 2. The summed E-state index contributed by atoms with van der Waals surface area (Å²) in [6, 6.07) is 8.66. The molecule has 0 bridgehead atoms. The van der Waals surface area contributed by atoms with Gasteiger partial charge in [0.2, 0.25) is 0 Å². The first-order valence-corrected chi connectivity index (χ1v) is 8.82. The number of imidazole rings is 1. The Hall–Kier alpha value is -1.31. The molecule has 1 heterocycles. The second-order valence-electron chi connectivity index (χ2n) is 6.59. The van der Waals surface area contributed by atoms with Crippen LogP contribution in [0.3, 0.4) is 0 Å². The van der Waals surface area contributed by atoms with E-state index in [1.54, 1.807) is 0 Å². The van der Waals surface area contributed by atoms with Crippen LogP contribution in [0.4, 0.5) is 0 Å². The summed E-state index contributed by atoms with van der Waals surface area (Å²) in [7, 11) is 0. The van der Waals surface area contributed by atoms with Gasteiger partial charge in [0.05, 0.1) is 11.0 Å². The van der Waals surface area contributed by atoms with Gasteiger partial charge in [-0.05, 0) is 37.3 Å². The Kier molecular flexibility index (Phi) is 4.95. The summed E-state index contributed by atoms with van der Waals surface area (Å²) < 4.78 is 2.53. The van der Waals surface area contributed by atoms with Gasteiger partial charge in [0, 0.05) is 13.0 Å². The van der Waals surface area contributed by atoms with Crippen LogP contribution in [0.1, 0.15) is 64.1 Å². The van der Waals surface area contributed by atoms with Crippen molar-refractivity contribution in [1.29, 1.82) is 0 Å². The van der Waals surface area contributed by atoms with E-state index in [2.05, 4.69) is 35.8 Å². The maximum absolute atomic E-state index is 4.91. The van der Waals surface area contributed by atoms with Gasteiger partial charge in [-0.2, -0.15) is 0 Å². The first kappa shape index (κ1) is 14.6. The Morgan fingerprint density at radius 1 is 1.10 bits per heavy atom. The zero-order valence-electron chi connectivity index (χ0n) is 13.4. The molecule has 0 N–H and O–H groups in total. The second kappa shape index (κ2) is 7.11. The van der Waals surface area contributed by atoms with Gasteiger partial charge in [0.15, 0.2) is 0 Å². The van der Waals surface area contributed by atoms with Crippen LogP contribution in [0, 0.1) is 5.92 Å². The van der Waals surface area contributed by atoms with Crippen molar-refractivity contribution in [3.05, 3.63) is 30.1 Å². The van der Waals surface area contributed by atoms with E-state index in [4.69, 9.17) is 4.98 Å². The molecule has 0 radical (unpaired) electrons. The lowest BCUT2D eigenvalue weighted by atomic mass is 9.89. The average molecular weight is 284 g/mol. The quantitative estimate of drug-likeness (QED) is 0.654. The van der Waals surface area contributed by atoms with Crippen molar-refractivity contribution in [2.45, 2.75) is 71.3 Å². The molecule has 2 nitrogen and oxygen atoms in total. The summed E-state index contributed by atoms with van der Waals surface area (Å²) in [6.45, 7) is 3.45. The molecule has 1 aromatic heterocycles. The molecule has 0 atom stereocenters. The average Bonchev–Trinajstić information content (AvgIpc) is 2.87. The van der Waals surface area contributed by atoms with E-state index in [-0.39, 0.29) is 0 Å². The lowest BCUT2D eigenvalue weighted by Crippen LogP contribution is -2.16. The number of hydrogen-bond acceptors (Lipinski definition) is 1. The molecule has 0 amide bonds. The lowest BCUT2D eigenvalue weighted by molar-refractivity contribution is 0.318. The van der Waals surface area contributed by atoms with E-state index >= 15 is 0 Å². The van der Waals surface area contributed by atoms with Crippen molar-refractivity contribution in [2.24, 2.45) is 5.92 Å². The number of benzene rings is 1. The highest BCUT2D eigenvalue weighted by atomic mass is 15.1. The van der Waals surface area contributed by atoms with Crippen LogP contribution >= 0.6 is 0 Å². The van der Waals surface area contributed by atoms with Crippen LogP contribution in [0.25, 0.3) is 11.0 Å². The Morgan fingerprint density at radius 3 is 2.71 bits per heavy atom. The van der Waals surface area contributed by atoms with Crippen LogP contribution in [0.5, 0.6) is 0 Å². The van der Waals surface area contributed by atoms with Crippen molar-refractivity contribution < 1.29 is 0 Å². The summed E-state index contributed by atoms with van der Waals surface area (Å²) in [5.41, 5.74) is 2.52. The van der Waals surface area contributed by atoms with Gasteiger partial charge in [-0.25, -0.2) is 4.98 Å². The third-order valence-corrected chi connectivity index (χ3v) is 4.90. The first-order chi connectivity index (χ1) is 10.4. The normalized spacial score (nSPS) is 16.6. The highest BCUT2D eigenvalue weighted by Crippen LogP contribution is 2.27. The Bertz CT molecular complexity index is 564. The number of para-hydroxylation sites is 2. The second-order valence-corrected chi connectivity index (χ2v) is 6.59. The summed E-state index contributed by atoms with van der Waals surface area (Å²) in [4.78, 5) is 4.91. The first-order valence-electron chi connectivity index (χ1n) is 8.82. The van der Waals surface area contributed by atoms with Gasteiger partial charge < -0.3 is 4.57 Å². The Labute approximate surface area is 128 Å². The molecule has 1 aromatic carbocycles.